The summed E-state index contributed by atoms with van der Waals surface area (Å²) in [5.41, 5.74) is 2.87. The topological polar surface area (TPSA) is 57.1 Å². The van der Waals surface area contributed by atoms with Crippen LogP contribution < -0.4 is 9.30 Å². The maximum Gasteiger partial charge on any atom is 0.243 e. The molecular weight excluding hydrogens is 779 g/mol. The molecule has 9 aromatic rings. The number of ether oxygens (including phenoxy) is 1. The van der Waals surface area contributed by atoms with E-state index < -0.39 is 19.9 Å². The van der Waals surface area contributed by atoms with E-state index in [0.29, 0.717) is 6.61 Å². The summed E-state index contributed by atoms with van der Waals surface area (Å²) in [6.45, 7) is 1.67. The number of thiol groups is 2. The molecule has 0 bridgehead atoms. The lowest BCUT2D eigenvalue weighted by Crippen LogP contribution is -2.30. The van der Waals surface area contributed by atoms with Gasteiger partial charge in [-0.2, -0.15) is 0 Å². The zero-order valence-electron chi connectivity index (χ0n) is 33.8. The van der Waals surface area contributed by atoms with Crippen LogP contribution in [0.5, 0.6) is 5.75 Å². The van der Waals surface area contributed by atoms with Crippen LogP contribution in [-0.2, 0) is 33.5 Å². The second-order valence-electron chi connectivity index (χ2n) is 15.4. The normalized spacial score (nSPS) is 12.5. The van der Waals surface area contributed by atoms with Gasteiger partial charge in [-0.05, 0) is 143 Å². The minimum absolute atomic E-state index is 0.643. The lowest BCUT2D eigenvalue weighted by atomic mass is 10.1. The van der Waals surface area contributed by atoms with Crippen molar-refractivity contribution in [3.63, 3.8) is 0 Å². The monoisotopic (exact) mass is 828 g/mol. The summed E-state index contributed by atoms with van der Waals surface area (Å²) in [6, 6.07) is 59.8. The summed E-state index contributed by atoms with van der Waals surface area (Å²) in [6.07, 6.45) is 10.7. The molecule has 0 fully saturated rings. The minimum atomic E-state index is -3.29. The standard InChI is InChI=1S/C52H50N3O3S2/c1-53-34-35-54(40-53)33-16-2-3-17-36-58-42-20-18-19-41(37-42)55-51-31-29-47(59(56,43-21-8-4-9-22-43)44-23-10-5-11-24-44)38-49(51)50-39-48(30-32-52(50)55)60(57,45-25-12-6-13-26-45)46-27-14-7-15-28-46/h4-15,18-32,34-35,37-40,59-60H,2-3,16-17,33,36H2,1H3/q+1. The molecular formula is C52H50N3O3S2+. The highest BCUT2D eigenvalue weighted by Crippen LogP contribution is 2.43. The number of benzene rings is 7. The summed E-state index contributed by atoms with van der Waals surface area (Å²) in [7, 11) is -4.54. The highest BCUT2D eigenvalue weighted by molar-refractivity contribution is 8.03. The number of aromatic nitrogens is 3. The number of fused-ring (bicyclic) bond motifs is 3. The third-order valence-corrected chi connectivity index (χ3v) is 17.5. The van der Waals surface area contributed by atoms with Gasteiger partial charge < -0.3 is 9.30 Å². The van der Waals surface area contributed by atoms with Gasteiger partial charge in [-0.1, -0.05) is 78.9 Å². The van der Waals surface area contributed by atoms with E-state index >= 15 is 8.42 Å². The molecule has 2 aromatic heterocycles. The lowest BCUT2D eigenvalue weighted by Gasteiger charge is -2.26. The molecule has 8 heteroatoms. The Morgan fingerprint density at radius 3 is 1.45 bits per heavy atom. The minimum Gasteiger partial charge on any atom is -0.494 e. The van der Waals surface area contributed by atoms with Crippen LogP contribution in [0.4, 0.5) is 0 Å². The zero-order chi connectivity index (χ0) is 40.9. The molecule has 9 rings (SSSR count). The molecule has 6 nitrogen and oxygen atoms in total. The van der Waals surface area contributed by atoms with Crippen LogP contribution in [0.15, 0.2) is 230 Å². The van der Waals surface area contributed by atoms with E-state index in [1.807, 2.05) is 153 Å². The van der Waals surface area contributed by atoms with Gasteiger partial charge in [0.2, 0.25) is 6.33 Å². The van der Waals surface area contributed by atoms with E-state index in [1.54, 1.807) is 0 Å². The number of nitrogens with zero attached hydrogens (tertiary/aromatic N) is 3. The van der Waals surface area contributed by atoms with Gasteiger partial charge in [-0.15, -0.1) is 0 Å². The largest absolute Gasteiger partial charge is 0.494 e. The molecule has 0 aliphatic rings. The Morgan fingerprint density at radius 1 is 0.500 bits per heavy atom. The summed E-state index contributed by atoms with van der Waals surface area (Å²) in [5.74, 6) is 0.811. The molecule has 7 aromatic carbocycles. The van der Waals surface area contributed by atoms with Gasteiger partial charge in [-0.3, -0.25) is 8.42 Å². The van der Waals surface area contributed by atoms with Gasteiger partial charge in [-0.25, -0.2) is 9.13 Å². The van der Waals surface area contributed by atoms with E-state index in [-0.39, 0.29) is 0 Å². The number of hydrogen-bond acceptors (Lipinski definition) is 3. The molecule has 0 atom stereocenters. The molecule has 60 heavy (non-hydrogen) atoms. The van der Waals surface area contributed by atoms with Gasteiger partial charge in [0, 0.05) is 51.9 Å². The molecule has 0 radical (unpaired) electrons. The van der Waals surface area contributed by atoms with Crippen molar-refractivity contribution in [2.75, 3.05) is 6.61 Å². The number of hydrogen-bond donors (Lipinski definition) is 2. The Bertz CT molecular complexity index is 2740. The number of aryl methyl sites for hydroxylation is 2. The Hall–Kier alpha value is -6.35. The van der Waals surface area contributed by atoms with Crippen molar-refractivity contribution < 1.29 is 17.7 Å². The van der Waals surface area contributed by atoms with Crippen molar-refractivity contribution in [2.45, 2.75) is 61.6 Å². The molecule has 0 unspecified atom stereocenters. The molecule has 0 saturated carbocycles. The van der Waals surface area contributed by atoms with Crippen molar-refractivity contribution in [1.82, 2.24) is 9.13 Å². The molecule has 0 aliphatic carbocycles. The molecule has 2 heterocycles. The molecule has 0 saturated heterocycles. The van der Waals surface area contributed by atoms with Crippen LogP contribution in [0.3, 0.4) is 0 Å². The van der Waals surface area contributed by atoms with Crippen LogP contribution in [0.2, 0.25) is 0 Å². The van der Waals surface area contributed by atoms with Crippen LogP contribution in [0, 0.1) is 0 Å². The van der Waals surface area contributed by atoms with Crippen LogP contribution in [-0.4, -0.2) is 24.2 Å². The number of imidazole rings is 1. The average molecular weight is 829 g/mol. The Balaban J connectivity index is 1.14. The molecule has 0 spiro atoms. The van der Waals surface area contributed by atoms with Crippen LogP contribution in [0.25, 0.3) is 27.5 Å². The zero-order valence-corrected chi connectivity index (χ0v) is 35.5. The van der Waals surface area contributed by atoms with Crippen molar-refractivity contribution in [3.05, 3.63) is 201 Å². The van der Waals surface area contributed by atoms with Crippen molar-refractivity contribution in [1.29, 1.82) is 0 Å². The fourth-order valence-electron chi connectivity index (χ4n) is 8.40. The second kappa shape index (κ2) is 17.1. The Morgan fingerprint density at radius 2 is 0.983 bits per heavy atom. The maximum atomic E-state index is 15.7. The van der Waals surface area contributed by atoms with Gasteiger partial charge in [0.25, 0.3) is 0 Å². The van der Waals surface area contributed by atoms with Gasteiger partial charge >= 0.3 is 0 Å². The summed E-state index contributed by atoms with van der Waals surface area (Å²) in [4.78, 5) is 4.58. The SMILES string of the molecule is Cn1cc[n+](CCCCCCOc2cccc(-n3c4ccc([SH](=O)(c5ccccc5)c5ccccc5)cc4c4cc([SH](=O)(c5ccccc5)c5ccccc5)ccc43)c2)c1. The Labute approximate surface area is 354 Å². The highest BCUT2D eigenvalue weighted by Gasteiger charge is 2.27. The van der Waals surface area contributed by atoms with Gasteiger partial charge in [0.15, 0.2) is 0 Å². The molecule has 0 amide bonds. The van der Waals surface area contributed by atoms with Crippen molar-refractivity contribution in [3.8, 4) is 11.4 Å². The number of unbranched alkanes of at least 4 members (excludes halogenated alkanes) is 3. The van der Waals surface area contributed by atoms with Gasteiger partial charge in [0.05, 0.1) is 31.2 Å². The van der Waals surface area contributed by atoms with E-state index in [2.05, 4.69) is 68.8 Å². The third kappa shape index (κ3) is 7.53. The van der Waals surface area contributed by atoms with E-state index in [0.717, 1.165) is 94.8 Å². The second-order valence-corrected chi connectivity index (χ2v) is 20.9. The predicted octanol–water partition coefficient (Wildman–Crippen LogP) is 11.0. The number of rotatable bonds is 15. The Kier molecular flexibility index (Phi) is 11.1. The van der Waals surface area contributed by atoms with Crippen LogP contribution in [0.1, 0.15) is 25.7 Å². The van der Waals surface area contributed by atoms with Crippen molar-refractivity contribution >= 4 is 41.7 Å². The first-order valence-electron chi connectivity index (χ1n) is 20.7. The molecule has 302 valence electrons. The first-order valence-corrected chi connectivity index (χ1v) is 24.1. The van der Waals surface area contributed by atoms with Crippen molar-refractivity contribution in [2.24, 2.45) is 7.05 Å². The van der Waals surface area contributed by atoms with E-state index in [9.17, 15) is 0 Å². The quantitative estimate of drug-likeness (QED) is 0.0615. The average Bonchev–Trinajstić information content (AvgIpc) is 3.88. The van der Waals surface area contributed by atoms with E-state index in [1.165, 1.54) is 0 Å². The highest BCUT2D eigenvalue weighted by atomic mass is 32.2. The fourth-order valence-corrected chi connectivity index (χ4v) is 13.7. The van der Waals surface area contributed by atoms with E-state index in [4.69, 9.17) is 4.74 Å². The predicted molar refractivity (Wildman–Crippen MR) is 245 cm³/mol. The fraction of sp³-hybridized carbons (Fsp3) is 0.135. The maximum absolute atomic E-state index is 15.7. The molecule has 0 N–H and O–H groups in total. The summed E-state index contributed by atoms with van der Waals surface area (Å²) in [5, 5.41) is 1.87. The van der Waals surface area contributed by atoms with Crippen LogP contribution >= 0.6 is 0 Å². The third-order valence-electron chi connectivity index (χ3n) is 11.4. The summed E-state index contributed by atoms with van der Waals surface area (Å²) < 4.78 is 44.3. The van der Waals surface area contributed by atoms with Gasteiger partial charge in [0.1, 0.15) is 18.1 Å². The smallest absolute Gasteiger partial charge is 0.243 e. The molecule has 0 aliphatic heterocycles. The first kappa shape index (κ1) is 39.1. The first-order chi connectivity index (χ1) is 29.4. The summed E-state index contributed by atoms with van der Waals surface area (Å²) >= 11 is 0. The lowest BCUT2D eigenvalue weighted by molar-refractivity contribution is -0.696.